The summed E-state index contributed by atoms with van der Waals surface area (Å²) < 4.78 is 5.83. The maximum Gasteiger partial charge on any atom is 0.407 e. The first kappa shape index (κ1) is 15.5. The number of aromatic nitrogens is 2. The molecule has 3 rings (SSSR count). The lowest BCUT2D eigenvalue weighted by Crippen LogP contribution is -2.29. The van der Waals surface area contributed by atoms with Crippen LogP contribution < -0.4 is 4.74 Å². The Hall–Kier alpha value is -2.41. The van der Waals surface area contributed by atoms with E-state index in [1.807, 2.05) is 0 Å². The number of Topliss-reactive ketones (excluding diaryl/α,β-unsaturated/α-hetero) is 1. The van der Waals surface area contributed by atoms with Crippen LogP contribution in [0.15, 0.2) is 18.5 Å². The number of pyridine rings is 2. The number of rotatable bonds is 3. The number of carboxylic acid groups (broad SMARTS) is 1. The number of ketones is 1. The molecule has 1 unspecified atom stereocenters. The molecule has 0 bridgehead atoms. The van der Waals surface area contributed by atoms with Gasteiger partial charge in [0.25, 0.3) is 0 Å². The third kappa shape index (κ3) is 3.05. The Morgan fingerprint density at radius 2 is 2.13 bits per heavy atom. The van der Waals surface area contributed by atoms with Gasteiger partial charge in [-0.15, -0.1) is 0 Å². The fourth-order valence-corrected chi connectivity index (χ4v) is 2.77. The van der Waals surface area contributed by atoms with Crippen LogP contribution in [0.5, 0.6) is 5.88 Å². The topological polar surface area (TPSA) is 92.6 Å². The van der Waals surface area contributed by atoms with Crippen LogP contribution in [-0.4, -0.2) is 51.0 Å². The van der Waals surface area contributed by atoms with E-state index in [4.69, 9.17) is 21.4 Å². The van der Waals surface area contributed by atoms with Gasteiger partial charge in [-0.2, -0.15) is 0 Å². The van der Waals surface area contributed by atoms with E-state index in [9.17, 15) is 9.59 Å². The normalized spacial score (nSPS) is 17.5. The molecule has 0 spiro atoms. The average Bonchev–Trinajstić information content (AvgIpc) is 2.95. The molecule has 1 fully saturated rings. The van der Waals surface area contributed by atoms with Crippen LogP contribution >= 0.6 is 11.6 Å². The summed E-state index contributed by atoms with van der Waals surface area (Å²) in [6, 6.07) is 1.60. The minimum atomic E-state index is -0.964. The van der Waals surface area contributed by atoms with Crippen molar-refractivity contribution < 1.29 is 19.4 Å². The summed E-state index contributed by atoms with van der Waals surface area (Å²) in [5.41, 5.74) is 0.440. The second-order valence-electron chi connectivity index (χ2n) is 5.34. The van der Waals surface area contributed by atoms with E-state index in [1.165, 1.54) is 24.2 Å². The van der Waals surface area contributed by atoms with Gasteiger partial charge in [0.05, 0.1) is 11.9 Å². The Morgan fingerprint density at radius 1 is 1.35 bits per heavy atom. The monoisotopic (exact) mass is 335 g/mol. The number of amides is 1. The van der Waals surface area contributed by atoms with Crippen LogP contribution in [0.1, 0.15) is 23.7 Å². The molecule has 2 aromatic heterocycles. The van der Waals surface area contributed by atoms with Gasteiger partial charge in [0.1, 0.15) is 11.3 Å². The highest BCUT2D eigenvalue weighted by Gasteiger charge is 2.28. The fourth-order valence-electron chi connectivity index (χ4n) is 2.62. The molecule has 120 valence electrons. The predicted molar refractivity (Wildman–Crippen MR) is 83.2 cm³/mol. The molecule has 1 atom stereocenters. The Morgan fingerprint density at radius 3 is 2.78 bits per heavy atom. The molecular weight excluding hydrogens is 322 g/mol. The van der Waals surface area contributed by atoms with Crippen molar-refractivity contribution in [2.24, 2.45) is 0 Å². The Bertz CT molecular complexity index is 796. The highest BCUT2D eigenvalue weighted by molar-refractivity contribution is 6.30. The van der Waals surface area contributed by atoms with Crippen molar-refractivity contribution in [3.8, 4) is 5.88 Å². The zero-order valence-corrected chi connectivity index (χ0v) is 13.1. The van der Waals surface area contributed by atoms with E-state index in [1.54, 1.807) is 6.07 Å². The summed E-state index contributed by atoms with van der Waals surface area (Å²) in [5.74, 6) is 0.195. The van der Waals surface area contributed by atoms with E-state index in [0.717, 1.165) is 0 Å². The highest BCUT2D eigenvalue weighted by atomic mass is 35.5. The minimum absolute atomic E-state index is 0.130. The predicted octanol–water partition coefficient (Wildman–Crippen LogP) is 2.62. The number of likely N-dealkylation sites (tertiary alicyclic amines) is 1. The fraction of sp³-hybridized carbons (Fsp3) is 0.333. The quantitative estimate of drug-likeness (QED) is 0.684. The van der Waals surface area contributed by atoms with E-state index >= 15 is 0 Å². The molecule has 1 amide bonds. The van der Waals surface area contributed by atoms with Crippen molar-refractivity contribution >= 4 is 34.2 Å². The third-order valence-electron chi connectivity index (χ3n) is 3.78. The van der Waals surface area contributed by atoms with E-state index in [0.29, 0.717) is 35.2 Å². The molecule has 8 heteroatoms. The molecule has 2 aromatic rings. The van der Waals surface area contributed by atoms with E-state index in [2.05, 4.69) is 9.97 Å². The summed E-state index contributed by atoms with van der Waals surface area (Å²) in [4.78, 5) is 32.2. The van der Waals surface area contributed by atoms with Crippen LogP contribution in [0.2, 0.25) is 5.15 Å². The molecule has 3 heterocycles. The molecule has 0 aliphatic carbocycles. The van der Waals surface area contributed by atoms with Crippen molar-refractivity contribution in [1.29, 1.82) is 0 Å². The molecule has 1 N–H and O–H groups in total. The van der Waals surface area contributed by atoms with Crippen LogP contribution in [-0.2, 0) is 0 Å². The number of ether oxygens (including phenoxy) is 1. The number of halogens is 1. The SMILES string of the molecule is CC(=O)c1cnc(OC2CCN(C(=O)O)C2)c2cnc(Cl)cc12. The van der Waals surface area contributed by atoms with E-state index < -0.39 is 6.09 Å². The third-order valence-corrected chi connectivity index (χ3v) is 3.98. The van der Waals surface area contributed by atoms with Gasteiger partial charge in [-0.3, -0.25) is 4.79 Å². The van der Waals surface area contributed by atoms with Gasteiger partial charge in [-0.05, 0) is 13.0 Å². The number of nitrogens with zero attached hydrogens (tertiary/aromatic N) is 3. The Labute approximate surface area is 136 Å². The molecule has 1 aliphatic rings. The number of hydrogen-bond acceptors (Lipinski definition) is 5. The molecule has 1 aliphatic heterocycles. The van der Waals surface area contributed by atoms with Crippen molar-refractivity contribution in [2.75, 3.05) is 13.1 Å². The lowest BCUT2D eigenvalue weighted by Gasteiger charge is -2.15. The van der Waals surface area contributed by atoms with Gasteiger partial charge < -0.3 is 14.7 Å². The number of hydrogen-bond donors (Lipinski definition) is 1. The molecule has 1 saturated heterocycles. The lowest BCUT2D eigenvalue weighted by molar-refractivity contribution is 0.101. The number of fused-ring (bicyclic) bond motifs is 1. The first-order valence-corrected chi connectivity index (χ1v) is 7.43. The second-order valence-corrected chi connectivity index (χ2v) is 5.73. The number of carbonyl (C=O) groups excluding carboxylic acids is 1. The maximum absolute atomic E-state index is 11.7. The molecule has 7 nitrogen and oxygen atoms in total. The average molecular weight is 336 g/mol. The van der Waals surface area contributed by atoms with Crippen molar-refractivity contribution in [3.05, 3.63) is 29.2 Å². The van der Waals surface area contributed by atoms with Gasteiger partial charge in [0.2, 0.25) is 5.88 Å². The highest BCUT2D eigenvalue weighted by Crippen LogP contribution is 2.29. The van der Waals surface area contributed by atoms with Crippen LogP contribution in [0.4, 0.5) is 4.79 Å². The molecule has 0 radical (unpaired) electrons. The minimum Gasteiger partial charge on any atom is -0.472 e. The van der Waals surface area contributed by atoms with Gasteiger partial charge in [-0.1, -0.05) is 11.6 Å². The lowest BCUT2D eigenvalue weighted by atomic mass is 10.1. The van der Waals surface area contributed by atoms with E-state index in [-0.39, 0.29) is 23.6 Å². The standard InChI is InChI=1S/C15H14ClN3O4/c1-8(20)11-5-18-14(12-6-17-13(16)4-10(11)12)23-9-2-3-19(7-9)15(21)22/h4-6,9H,2-3,7H2,1H3,(H,21,22). The summed E-state index contributed by atoms with van der Waals surface area (Å²) in [6.07, 6.45) is 2.30. The molecule has 0 saturated carbocycles. The molecule has 23 heavy (non-hydrogen) atoms. The summed E-state index contributed by atoms with van der Waals surface area (Å²) in [5, 5.41) is 10.5. The second kappa shape index (κ2) is 6.00. The molecule has 0 aromatic carbocycles. The van der Waals surface area contributed by atoms with Crippen LogP contribution in [0.3, 0.4) is 0 Å². The summed E-state index contributed by atoms with van der Waals surface area (Å²) >= 11 is 5.92. The molecular formula is C15H14ClN3O4. The number of carbonyl (C=O) groups is 2. The Kier molecular flexibility index (Phi) is 4.04. The van der Waals surface area contributed by atoms with Crippen molar-refractivity contribution in [2.45, 2.75) is 19.4 Å². The first-order valence-electron chi connectivity index (χ1n) is 7.05. The van der Waals surface area contributed by atoms with Crippen molar-refractivity contribution in [3.63, 3.8) is 0 Å². The zero-order valence-electron chi connectivity index (χ0n) is 12.3. The van der Waals surface area contributed by atoms with Crippen LogP contribution in [0, 0.1) is 0 Å². The summed E-state index contributed by atoms with van der Waals surface area (Å²) in [7, 11) is 0. The Balaban J connectivity index is 1.95. The van der Waals surface area contributed by atoms with Gasteiger partial charge in [0, 0.05) is 36.3 Å². The summed E-state index contributed by atoms with van der Waals surface area (Å²) in [6.45, 7) is 2.16. The first-order chi connectivity index (χ1) is 11.0. The zero-order chi connectivity index (χ0) is 16.6. The van der Waals surface area contributed by atoms with Gasteiger partial charge in [0.15, 0.2) is 5.78 Å². The van der Waals surface area contributed by atoms with Crippen LogP contribution in [0.25, 0.3) is 10.8 Å². The smallest absolute Gasteiger partial charge is 0.407 e. The van der Waals surface area contributed by atoms with Gasteiger partial charge in [-0.25, -0.2) is 14.8 Å². The maximum atomic E-state index is 11.7. The van der Waals surface area contributed by atoms with Crippen molar-refractivity contribution in [1.82, 2.24) is 14.9 Å². The van der Waals surface area contributed by atoms with Gasteiger partial charge >= 0.3 is 6.09 Å². The largest absolute Gasteiger partial charge is 0.472 e.